The lowest BCUT2D eigenvalue weighted by Gasteiger charge is -2.32. The van der Waals surface area contributed by atoms with Gasteiger partial charge in [0.05, 0.1) is 19.3 Å². The van der Waals surface area contributed by atoms with E-state index in [-0.39, 0.29) is 35.6 Å². The van der Waals surface area contributed by atoms with Crippen molar-refractivity contribution in [2.75, 3.05) is 20.3 Å². The average Bonchev–Trinajstić information content (AvgIpc) is 3.55. The molecule has 11 heteroatoms. The number of oxazole rings is 1. The van der Waals surface area contributed by atoms with Crippen LogP contribution in [-0.2, 0) is 11.3 Å². The molecule has 0 spiro atoms. The Bertz CT molecular complexity index is 1360. The fraction of sp³-hybridized carbons (Fsp3) is 0.407. The van der Waals surface area contributed by atoms with Crippen molar-refractivity contribution in [3.63, 3.8) is 0 Å². The lowest BCUT2D eigenvalue weighted by molar-refractivity contribution is 0.0912. The molecule has 0 radical (unpaired) electrons. The molecule has 10 nitrogen and oxygen atoms in total. The van der Waals surface area contributed by atoms with Crippen LogP contribution in [0.15, 0.2) is 40.9 Å². The molecule has 2 saturated heterocycles. The van der Waals surface area contributed by atoms with Crippen LogP contribution in [-0.4, -0.2) is 59.3 Å². The van der Waals surface area contributed by atoms with Crippen LogP contribution in [0.25, 0.3) is 11.5 Å². The third kappa shape index (κ3) is 5.00. The van der Waals surface area contributed by atoms with Gasteiger partial charge in [-0.05, 0) is 30.5 Å². The Balaban J connectivity index is 1.29. The predicted molar refractivity (Wildman–Crippen MR) is 136 cm³/mol. The zero-order valence-corrected chi connectivity index (χ0v) is 21.6. The molecule has 1 saturated carbocycles. The number of hydrogen-bond donors (Lipinski definition) is 1. The fourth-order valence-corrected chi connectivity index (χ4v) is 4.93. The van der Waals surface area contributed by atoms with E-state index in [9.17, 15) is 9.59 Å². The molecule has 38 heavy (non-hydrogen) atoms. The standard InChI is InChI=1S/C27H27ClN4O6/c1-35-26-20(24(33)29-12-15-2-6-17(28)7-3-15)11-21(23(31-26)22-13-30-25(38-22)16-4-5-16)37-19-8-9-32-18(10-19)14-36-27(32)34/h2-3,6-7,11,13,16,18-19H,4-5,8-10,12,14H2,1H3,(H,29,33)/t18-,19-/m0/s1. The minimum Gasteiger partial charge on any atom is -0.488 e. The van der Waals surface area contributed by atoms with Gasteiger partial charge in [0.15, 0.2) is 17.3 Å². The summed E-state index contributed by atoms with van der Waals surface area (Å²) in [6.45, 7) is 1.19. The van der Waals surface area contributed by atoms with Crippen molar-refractivity contribution in [1.29, 1.82) is 0 Å². The molecule has 1 aromatic carbocycles. The third-order valence-corrected chi connectivity index (χ3v) is 7.29. The number of rotatable bonds is 8. The molecule has 3 aromatic rings. The number of fused-ring (bicyclic) bond motifs is 1. The van der Waals surface area contributed by atoms with Gasteiger partial charge in [-0.15, -0.1) is 0 Å². The molecule has 2 atom stereocenters. The molecule has 198 valence electrons. The summed E-state index contributed by atoms with van der Waals surface area (Å²) in [6, 6.07) is 8.84. The highest BCUT2D eigenvalue weighted by atomic mass is 35.5. The number of carbonyl (C=O) groups excluding carboxylic acids is 2. The van der Waals surface area contributed by atoms with Gasteiger partial charge >= 0.3 is 6.09 Å². The highest BCUT2D eigenvalue weighted by Gasteiger charge is 2.39. The van der Waals surface area contributed by atoms with E-state index in [0.717, 1.165) is 18.4 Å². The highest BCUT2D eigenvalue weighted by Crippen LogP contribution is 2.42. The van der Waals surface area contributed by atoms with Crippen LogP contribution in [0.4, 0.5) is 4.79 Å². The van der Waals surface area contributed by atoms with Gasteiger partial charge in [-0.1, -0.05) is 23.7 Å². The maximum atomic E-state index is 13.2. The number of nitrogens with one attached hydrogen (secondary N) is 1. The van der Waals surface area contributed by atoms with Crippen molar-refractivity contribution in [2.24, 2.45) is 0 Å². The van der Waals surface area contributed by atoms with Crippen molar-refractivity contribution < 1.29 is 28.2 Å². The molecule has 0 bridgehead atoms. The zero-order chi connectivity index (χ0) is 26.2. The summed E-state index contributed by atoms with van der Waals surface area (Å²) in [5.41, 5.74) is 1.55. The van der Waals surface area contributed by atoms with Gasteiger partial charge in [0.2, 0.25) is 5.88 Å². The van der Waals surface area contributed by atoms with Crippen LogP contribution < -0.4 is 14.8 Å². The molecule has 2 amide bonds. The minimum atomic E-state index is -0.360. The average molecular weight is 539 g/mol. The van der Waals surface area contributed by atoms with Gasteiger partial charge in [0.1, 0.15) is 24.0 Å². The van der Waals surface area contributed by atoms with E-state index in [2.05, 4.69) is 15.3 Å². The van der Waals surface area contributed by atoms with Crippen molar-refractivity contribution in [1.82, 2.24) is 20.2 Å². The number of carbonyl (C=O) groups is 2. The molecular formula is C27H27ClN4O6. The number of methoxy groups -OCH3 is 1. The number of nitrogens with zero attached hydrogens (tertiary/aromatic N) is 3. The van der Waals surface area contributed by atoms with Crippen LogP contribution in [0.1, 0.15) is 53.4 Å². The topological polar surface area (TPSA) is 116 Å². The fourth-order valence-electron chi connectivity index (χ4n) is 4.81. The Labute approximate surface area is 224 Å². The molecule has 0 unspecified atom stereocenters. The molecular weight excluding hydrogens is 512 g/mol. The lowest BCUT2D eigenvalue weighted by atomic mass is 10.0. The van der Waals surface area contributed by atoms with Crippen LogP contribution >= 0.6 is 11.6 Å². The van der Waals surface area contributed by atoms with Gasteiger partial charge in [-0.3, -0.25) is 4.79 Å². The third-order valence-electron chi connectivity index (χ3n) is 7.04. The van der Waals surface area contributed by atoms with E-state index in [4.69, 9.17) is 30.2 Å². The number of cyclic esters (lactones) is 1. The number of halogens is 1. The van der Waals surface area contributed by atoms with Gasteiger partial charge in [-0.2, -0.15) is 0 Å². The lowest BCUT2D eigenvalue weighted by Crippen LogP contribution is -2.44. The number of amides is 2. The Hall–Kier alpha value is -3.79. The van der Waals surface area contributed by atoms with Crippen molar-refractivity contribution in [3.8, 4) is 23.1 Å². The van der Waals surface area contributed by atoms with Gasteiger partial charge in [0.25, 0.3) is 5.91 Å². The number of aromatic nitrogens is 2. The molecule has 3 aliphatic rings. The first-order chi connectivity index (χ1) is 18.5. The second-order valence-electron chi connectivity index (χ2n) is 9.73. The summed E-state index contributed by atoms with van der Waals surface area (Å²) in [4.78, 5) is 35.9. The van der Waals surface area contributed by atoms with E-state index in [1.807, 2.05) is 12.1 Å². The van der Waals surface area contributed by atoms with Crippen LogP contribution in [0, 0.1) is 0 Å². The SMILES string of the molecule is COc1nc(-c2cnc(C3CC3)o2)c(O[C@H]2CCN3C(=O)OC[C@@H]3C2)cc1C(=O)NCc1ccc(Cl)cc1. The Kier molecular flexibility index (Phi) is 6.57. The molecule has 2 aliphatic heterocycles. The highest BCUT2D eigenvalue weighted by molar-refractivity contribution is 6.30. The Morgan fingerprint density at radius 1 is 1.24 bits per heavy atom. The number of benzene rings is 1. The van der Waals surface area contributed by atoms with Gasteiger partial charge < -0.3 is 28.8 Å². The first-order valence-electron chi connectivity index (χ1n) is 12.7. The van der Waals surface area contributed by atoms with Crippen molar-refractivity contribution in [3.05, 3.63) is 58.6 Å². The number of piperidine rings is 1. The van der Waals surface area contributed by atoms with Gasteiger partial charge in [0, 0.05) is 42.9 Å². The molecule has 3 fully saturated rings. The monoisotopic (exact) mass is 538 g/mol. The predicted octanol–water partition coefficient (Wildman–Crippen LogP) is 4.57. The Morgan fingerprint density at radius 2 is 2.05 bits per heavy atom. The second kappa shape index (κ2) is 10.2. The number of hydrogen-bond acceptors (Lipinski definition) is 8. The van der Waals surface area contributed by atoms with Crippen molar-refractivity contribution in [2.45, 2.75) is 50.3 Å². The summed E-state index contributed by atoms with van der Waals surface area (Å²) in [7, 11) is 1.46. The first-order valence-corrected chi connectivity index (χ1v) is 13.0. The normalized spacial score (nSPS) is 20.6. The molecule has 6 rings (SSSR count). The molecule has 1 aliphatic carbocycles. The van der Waals surface area contributed by atoms with Crippen LogP contribution in [0.5, 0.6) is 11.6 Å². The van der Waals surface area contributed by atoms with E-state index in [1.165, 1.54) is 7.11 Å². The summed E-state index contributed by atoms with van der Waals surface area (Å²) in [5.74, 6) is 1.63. The summed E-state index contributed by atoms with van der Waals surface area (Å²) < 4.78 is 23.2. The largest absolute Gasteiger partial charge is 0.488 e. The second-order valence-corrected chi connectivity index (χ2v) is 10.2. The Morgan fingerprint density at radius 3 is 2.82 bits per heavy atom. The summed E-state index contributed by atoms with van der Waals surface area (Å²) in [5, 5.41) is 3.53. The number of pyridine rings is 1. The molecule has 1 N–H and O–H groups in total. The first kappa shape index (κ1) is 24.5. The van der Waals surface area contributed by atoms with E-state index in [0.29, 0.717) is 66.6 Å². The molecule has 2 aromatic heterocycles. The van der Waals surface area contributed by atoms with E-state index < -0.39 is 0 Å². The quantitative estimate of drug-likeness (QED) is 0.443. The van der Waals surface area contributed by atoms with Gasteiger partial charge in [-0.25, -0.2) is 14.8 Å². The van der Waals surface area contributed by atoms with E-state index >= 15 is 0 Å². The summed E-state index contributed by atoms with van der Waals surface area (Å²) >= 11 is 5.97. The number of ether oxygens (including phenoxy) is 3. The maximum absolute atomic E-state index is 13.2. The smallest absolute Gasteiger partial charge is 0.410 e. The van der Waals surface area contributed by atoms with Crippen LogP contribution in [0.2, 0.25) is 5.02 Å². The zero-order valence-electron chi connectivity index (χ0n) is 20.8. The maximum Gasteiger partial charge on any atom is 0.410 e. The van der Waals surface area contributed by atoms with Crippen LogP contribution in [0.3, 0.4) is 0 Å². The molecule has 4 heterocycles. The minimum absolute atomic E-state index is 0.0372. The summed E-state index contributed by atoms with van der Waals surface area (Å²) in [6.07, 6.45) is 4.48. The van der Waals surface area contributed by atoms with E-state index in [1.54, 1.807) is 29.3 Å². The van der Waals surface area contributed by atoms with Crippen molar-refractivity contribution >= 4 is 23.6 Å².